The van der Waals surface area contributed by atoms with Crippen molar-refractivity contribution in [1.29, 1.82) is 0 Å². The van der Waals surface area contributed by atoms with Crippen molar-refractivity contribution in [2.24, 2.45) is 0 Å². The number of rotatable bonds is 3. The summed E-state index contributed by atoms with van der Waals surface area (Å²) in [4.78, 5) is 17.0. The molecule has 0 saturated carbocycles. The summed E-state index contributed by atoms with van der Waals surface area (Å²) in [6, 6.07) is 28.4. The maximum Gasteiger partial charge on any atom is 0.321 e. The van der Waals surface area contributed by atoms with Crippen molar-refractivity contribution in [3.8, 4) is 11.1 Å². The van der Waals surface area contributed by atoms with Crippen molar-refractivity contribution < 1.29 is 4.79 Å². The van der Waals surface area contributed by atoms with Crippen LogP contribution in [0.25, 0.3) is 11.1 Å². The van der Waals surface area contributed by atoms with Crippen molar-refractivity contribution in [2.45, 2.75) is 0 Å². The predicted octanol–water partition coefficient (Wildman–Crippen LogP) is 4.71. The van der Waals surface area contributed by atoms with Crippen LogP contribution in [-0.4, -0.2) is 37.1 Å². The first kappa shape index (κ1) is 17.2. The number of urea groups is 1. The zero-order valence-corrected chi connectivity index (χ0v) is 15.2. The zero-order valence-electron chi connectivity index (χ0n) is 15.2. The summed E-state index contributed by atoms with van der Waals surface area (Å²) in [5, 5.41) is 3.10. The Kier molecular flexibility index (Phi) is 5.06. The number of hydrogen-bond acceptors (Lipinski definition) is 2. The van der Waals surface area contributed by atoms with E-state index in [-0.39, 0.29) is 6.03 Å². The molecule has 3 aromatic carbocycles. The number of anilines is 2. The Hall–Kier alpha value is -3.27. The number of hydrogen-bond donors (Lipinski definition) is 1. The lowest BCUT2D eigenvalue weighted by atomic mass is 10.0. The third kappa shape index (κ3) is 3.95. The minimum atomic E-state index is -0.0360. The average Bonchev–Trinajstić information content (AvgIpc) is 2.75. The molecular weight excluding hydrogens is 334 g/mol. The number of carbonyl (C=O) groups excluding carboxylic acids is 1. The summed E-state index contributed by atoms with van der Waals surface area (Å²) in [6.07, 6.45) is 0. The molecule has 1 saturated heterocycles. The molecule has 136 valence electrons. The topological polar surface area (TPSA) is 35.6 Å². The van der Waals surface area contributed by atoms with E-state index in [0.717, 1.165) is 29.9 Å². The average molecular weight is 357 g/mol. The normalized spacial score (nSPS) is 14.1. The molecule has 1 aliphatic heterocycles. The van der Waals surface area contributed by atoms with Gasteiger partial charge in [0.1, 0.15) is 0 Å². The van der Waals surface area contributed by atoms with E-state index in [4.69, 9.17) is 0 Å². The van der Waals surface area contributed by atoms with E-state index in [1.54, 1.807) is 0 Å². The predicted molar refractivity (Wildman–Crippen MR) is 111 cm³/mol. The highest BCUT2D eigenvalue weighted by Gasteiger charge is 2.21. The number of benzene rings is 3. The van der Waals surface area contributed by atoms with E-state index < -0.39 is 0 Å². The van der Waals surface area contributed by atoms with Crippen LogP contribution < -0.4 is 10.2 Å². The highest BCUT2D eigenvalue weighted by molar-refractivity contribution is 5.94. The van der Waals surface area contributed by atoms with Crippen LogP contribution in [0.15, 0.2) is 84.9 Å². The van der Waals surface area contributed by atoms with Gasteiger partial charge in [-0.1, -0.05) is 66.7 Å². The van der Waals surface area contributed by atoms with Gasteiger partial charge in [0.2, 0.25) is 0 Å². The van der Waals surface area contributed by atoms with Crippen molar-refractivity contribution >= 4 is 17.4 Å². The Morgan fingerprint density at radius 2 is 1.30 bits per heavy atom. The second-order valence-electron chi connectivity index (χ2n) is 6.65. The molecular formula is C23H23N3O. The number of para-hydroxylation sites is 2. The summed E-state index contributed by atoms with van der Waals surface area (Å²) >= 11 is 0. The fraction of sp³-hybridized carbons (Fsp3) is 0.174. The molecule has 0 aromatic heterocycles. The Labute approximate surface area is 160 Å². The van der Waals surface area contributed by atoms with Gasteiger partial charge in [0.25, 0.3) is 0 Å². The van der Waals surface area contributed by atoms with E-state index in [1.807, 2.05) is 53.4 Å². The maximum absolute atomic E-state index is 12.8. The molecule has 3 aromatic rings. The molecule has 0 atom stereocenters. The zero-order chi connectivity index (χ0) is 18.5. The van der Waals surface area contributed by atoms with Gasteiger partial charge in [-0.15, -0.1) is 0 Å². The largest absolute Gasteiger partial charge is 0.368 e. The number of nitrogens with one attached hydrogen (secondary N) is 1. The fourth-order valence-corrected chi connectivity index (χ4v) is 3.46. The monoisotopic (exact) mass is 357 g/mol. The van der Waals surface area contributed by atoms with Crippen LogP contribution in [0.4, 0.5) is 16.2 Å². The number of piperazine rings is 1. The quantitative estimate of drug-likeness (QED) is 0.737. The Morgan fingerprint density at radius 3 is 2.00 bits per heavy atom. The number of nitrogens with zero attached hydrogens (tertiary/aromatic N) is 2. The standard InChI is InChI=1S/C23H23N3O/c27-23(26-17-15-25(16-18-26)20-11-5-2-6-12-20)24-22-14-8-7-13-21(22)19-9-3-1-4-10-19/h1-14H,15-18H2,(H,24,27). The molecule has 1 aliphatic rings. The summed E-state index contributed by atoms with van der Waals surface area (Å²) in [5.41, 5.74) is 4.20. The van der Waals surface area contributed by atoms with Crippen molar-refractivity contribution in [2.75, 3.05) is 36.4 Å². The first-order chi connectivity index (χ1) is 13.3. The molecule has 4 heteroatoms. The Balaban J connectivity index is 1.42. The number of amides is 2. The van der Waals surface area contributed by atoms with Gasteiger partial charge in [0, 0.05) is 37.4 Å². The highest BCUT2D eigenvalue weighted by atomic mass is 16.2. The van der Waals surface area contributed by atoms with E-state index >= 15 is 0 Å². The van der Waals surface area contributed by atoms with Gasteiger partial charge in [0.05, 0.1) is 5.69 Å². The van der Waals surface area contributed by atoms with Gasteiger partial charge < -0.3 is 15.1 Å². The first-order valence-electron chi connectivity index (χ1n) is 9.31. The van der Waals surface area contributed by atoms with E-state index in [2.05, 4.69) is 46.6 Å². The lowest BCUT2D eigenvalue weighted by molar-refractivity contribution is 0.208. The summed E-state index contributed by atoms with van der Waals surface area (Å²) < 4.78 is 0. The molecule has 27 heavy (non-hydrogen) atoms. The summed E-state index contributed by atoms with van der Waals surface area (Å²) in [6.45, 7) is 3.12. The smallest absolute Gasteiger partial charge is 0.321 e. The molecule has 0 aliphatic carbocycles. The van der Waals surface area contributed by atoms with Crippen LogP contribution in [-0.2, 0) is 0 Å². The van der Waals surface area contributed by atoms with Crippen LogP contribution in [0.3, 0.4) is 0 Å². The van der Waals surface area contributed by atoms with Crippen molar-refractivity contribution in [1.82, 2.24) is 4.90 Å². The van der Waals surface area contributed by atoms with Gasteiger partial charge in [-0.05, 0) is 23.8 Å². The van der Waals surface area contributed by atoms with E-state index in [1.165, 1.54) is 5.69 Å². The van der Waals surface area contributed by atoms with E-state index in [0.29, 0.717) is 13.1 Å². The van der Waals surface area contributed by atoms with Gasteiger partial charge >= 0.3 is 6.03 Å². The molecule has 1 fully saturated rings. The molecule has 2 amide bonds. The molecule has 4 nitrogen and oxygen atoms in total. The molecule has 4 rings (SSSR count). The SMILES string of the molecule is O=C(Nc1ccccc1-c1ccccc1)N1CCN(c2ccccc2)CC1. The van der Waals surface area contributed by atoms with Crippen LogP contribution >= 0.6 is 0 Å². The second-order valence-corrected chi connectivity index (χ2v) is 6.65. The van der Waals surface area contributed by atoms with Gasteiger partial charge in [0.15, 0.2) is 0 Å². The van der Waals surface area contributed by atoms with Gasteiger partial charge in [-0.25, -0.2) is 4.79 Å². The van der Waals surface area contributed by atoms with Crippen molar-refractivity contribution in [3.63, 3.8) is 0 Å². The Bertz CT molecular complexity index is 888. The van der Waals surface area contributed by atoms with Gasteiger partial charge in [-0.2, -0.15) is 0 Å². The van der Waals surface area contributed by atoms with Crippen LogP contribution in [0, 0.1) is 0 Å². The third-order valence-electron chi connectivity index (χ3n) is 4.94. The van der Waals surface area contributed by atoms with Crippen molar-refractivity contribution in [3.05, 3.63) is 84.9 Å². The molecule has 0 unspecified atom stereocenters. The molecule has 0 spiro atoms. The summed E-state index contributed by atoms with van der Waals surface area (Å²) in [7, 11) is 0. The highest BCUT2D eigenvalue weighted by Crippen LogP contribution is 2.28. The molecule has 0 radical (unpaired) electrons. The van der Waals surface area contributed by atoms with Crippen LogP contribution in [0.2, 0.25) is 0 Å². The maximum atomic E-state index is 12.8. The molecule has 1 heterocycles. The Morgan fingerprint density at radius 1 is 0.704 bits per heavy atom. The third-order valence-corrected chi connectivity index (χ3v) is 4.94. The fourth-order valence-electron chi connectivity index (χ4n) is 3.46. The van der Waals surface area contributed by atoms with Crippen LogP contribution in [0.1, 0.15) is 0 Å². The van der Waals surface area contributed by atoms with E-state index in [9.17, 15) is 4.79 Å². The second kappa shape index (κ2) is 7.96. The minimum absolute atomic E-state index is 0.0360. The lowest BCUT2D eigenvalue weighted by Crippen LogP contribution is -2.50. The summed E-state index contributed by atoms with van der Waals surface area (Å²) in [5.74, 6) is 0. The first-order valence-corrected chi connectivity index (χ1v) is 9.31. The molecule has 0 bridgehead atoms. The lowest BCUT2D eigenvalue weighted by Gasteiger charge is -2.36. The molecule has 1 N–H and O–H groups in total. The van der Waals surface area contributed by atoms with Crippen LogP contribution in [0.5, 0.6) is 0 Å². The van der Waals surface area contributed by atoms with Gasteiger partial charge in [-0.3, -0.25) is 0 Å². The minimum Gasteiger partial charge on any atom is -0.368 e. The number of carbonyl (C=O) groups is 1.